The molecule has 0 saturated heterocycles. The molecule has 0 spiro atoms. The van der Waals surface area contributed by atoms with E-state index >= 15 is 0 Å². The average Bonchev–Trinajstić information content (AvgIpc) is 2.32. The molecule has 0 atom stereocenters. The Morgan fingerprint density at radius 3 is 2.19 bits per heavy atom. The summed E-state index contributed by atoms with van der Waals surface area (Å²) in [5.74, 6) is -1.35. The van der Waals surface area contributed by atoms with Crippen molar-refractivity contribution < 1.29 is 19.1 Å². The molecule has 0 aliphatic rings. The molecule has 0 amide bonds. The van der Waals surface area contributed by atoms with Gasteiger partial charge in [0.1, 0.15) is 6.54 Å². The summed E-state index contributed by atoms with van der Waals surface area (Å²) in [4.78, 5) is 34.0. The van der Waals surface area contributed by atoms with E-state index in [2.05, 4.69) is 4.74 Å². The van der Waals surface area contributed by atoms with Crippen LogP contribution in [0, 0.1) is 20.8 Å². The van der Waals surface area contributed by atoms with Crippen molar-refractivity contribution in [3.63, 3.8) is 0 Å². The van der Waals surface area contributed by atoms with E-state index < -0.39 is 11.9 Å². The monoisotopic (exact) mass is 309 g/mol. The lowest BCUT2D eigenvalue weighted by Gasteiger charge is -2.25. The van der Waals surface area contributed by atoms with Gasteiger partial charge in [-0.25, -0.2) is 4.79 Å². The van der Waals surface area contributed by atoms with Crippen LogP contribution in [0.4, 0.5) is 5.69 Å². The number of benzene rings is 1. The number of nitrogens with zero attached hydrogens (tertiary/aromatic N) is 1. The highest BCUT2D eigenvalue weighted by atomic mass is 32.2. The van der Waals surface area contributed by atoms with Gasteiger partial charge in [-0.1, -0.05) is 12.1 Å². The summed E-state index contributed by atoms with van der Waals surface area (Å²) in [5.41, 5.74) is 3.79. The van der Waals surface area contributed by atoms with E-state index in [0.717, 1.165) is 34.3 Å². The van der Waals surface area contributed by atoms with Crippen molar-refractivity contribution in [3.05, 3.63) is 28.8 Å². The Bertz CT molecular complexity index is 583. The lowest BCUT2D eigenvalue weighted by molar-refractivity contribution is -0.156. The second-order valence-corrected chi connectivity index (χ2v) is 5.96. The van der Waals surface area contributed by atoms with Crippen molar-refractivity contribution in [1.29, 1.82) is 0 Å². The highest BCUT2D eigenvalue weighted by Crippen LogP contribution is 2.32. The molecular weight excluding hydrogens is 290 g/mol. The lowest BCUT2D eigenvalue weighted by Crippen LogP contribution is -2.28. The molecule has 1 aromatic rings. The molecule has 0 aromatic heterocycles. The minimum atomic E-state index is -0.684. The SMILES string of the molecule is CC(=O)OC(=O)CN(SC(C)=O)c1c(C)ccc(C)c1C. The molecule has 1 rings (SSSR count). The third-order valence-corrected chi connectivity index (χ3v) is 3.71. The van der Waals surface area contributed by atoms with Crippen molar-refractivity contribution in [1.82, 2.24) is 0 Å². The fourth-order valence-corrected chi connectivity index (χ4v) is 2.79. The largest absolute Gasteiger partial charge is 0.392 e. The van der Waals surface area contributed by atoms with E-state index in [-0.39, 0.29) is 11.7 Å². The fourth-order valence-electron chi connectivity index (χ4n) is 1.94. The molecule has 0 saturated carbocycles. The molecule has 0 bridgehead atoms. The predicted molar refractivity (Wildman–Crippen MR) is 83.0 cm³/mol. The van der Waals surface area contributed by atoms with Gasteiger partial charge in [-0.05, 0) is 37.5 Å². The molecule has 0 unspecified atom stereocenters. The van der Waals surface area contributed by atoms with Gasteiger partial charge in [0, 0.05) is 25.8 Å². The van der Waals surface area contributed by atoms with E-state index in [1.165, 1.54) is 13.8 Å². The topological polar surface area (TPSA) is 63.7 Å². The number of rotatable bonds is 4. The van der Waals surface area contributed by atoms with Gasteiger partial charge in [-0.2, -0.15) is 0 Å². The third-order valence-electron chi connectivity index (χ3n) is 2.92. The van der Waals surface area contributed by atoms with Gasteiger partial charge in [0.25, 0.3) is 0 Å². The van der Waals surface area contributed by atoms with Crippen LogP contribution in [0.3, 0.4) is 0 Å². The van der Waals surface area contributed by atoms with Gasteiger partial charge < -0.3 is 4.74 Å². The van der Waals surface area contributed by atoms with E-state index in [4.69, 9.17) is 0 Å². The van der Waals surface area contributed by atoms with E-state index in [9.17, 15) is 14.4 Å². The number of anilines is 1. The van der Waals surface area contributed by atoms with Crippen molar-refractivity contribution in [2.45, 2.75) is 34.6 Å². The Morgan fingerprint density at radius 2 is 1.67 bits per heavy atom. The molecule has 0 N–H and O–H groups in total. The molecule has 0 aliphatic heterocycles. The van der Waals surface area contributed by atoms with E-state index in [1.807, 2.05) is 32.9 Å². The van der Waals surface area contributed by atoms with Gasteiger partial charge in [0.15, 0.2) is 0 Å². The van der Waals surface area contributed by atoms with Crippen molar-refractivity contribution in [2.75, 3.05) is 10.8 Å². The average molecular weight is 309 g/mol. The smallest absolute Gasteiger partial charge is 0.334 e. The Labute approximate surface area is 128 Å². The summed E-state index contributed by atoms with van der Waals surface area (Å²) < 4.78 is 6.12. The van der Waals surface area contributed by atoms with Crippen LogP contribution < -0.4 is 4.31 Å². The highest BCUT2D eigenvalue weighted by Gasteiger charge is 2.20. The first-order valence-electron chi connectivity index (χ1n) is 6.46. The van der Waals surface area contributed by atoms with Crippen molar-refractivity contribution in [3.8, 4) is 0 Å². The fraction of sp³-hybridized carbons (Fsp3) is 0.400. The molecule has 114 valence electrons. The number of hydrogen-bond acceptors (Lipinski definition) is 6. The van der Waals surface area contributed by atoms with E-state index in [0.29, 0.717) is 0 Å². The Balaban J connectivity index is 3.14. The van der Waals surface area contributed by atoms with Crippen molar-refractivity contribution >= 4 is 34.7 Å². The molecule has 0 heterocycles. The Hall–Kier alpha value is -1.82. The summed E-state index contributed by atoms with van der Waals surface area (Å²) >= 11 is 0.927. The number of ether oxygens (including phenoxy) is 1. The Morgan fingerprint density at radius 1 is 1.10 bits per heavy atom. The van der Waals surface area contributed by atoms with Crippen LogP contribution in [0.25, 0.3) is 0 Å². The second-order valence-electron chi connectivity index (χ2n) is 4.76. The lowest BCUT2D eigenvalue weighted by atomic mass is 10.0. The van der Waals surface area contributed by atoms with Crippen LogP contribution in [0.15, 0.2) is 12.1 Å². The summed E-state index contributed by atoms with van der Waals surface area (Å²) in [6.45, 7) is 8.23. The zero-order valence-electron chi connectivity index (χ0n) is 12.9. The predicted octanol–water partition coefficient (Wildman–Crippen LogP) is 2.70. The zero-order chi connectivity index (χ0) is 16.2. The molecule has 5 nitrogen and oxygen atoms in total. The summed E-state index contributed by atoms with van der Waals surface area (Å²) in [5, 5.41) is -0.147. The van der Waals surface area contributed by atoms with Gasteiger partial charge in [-0.15, -0.1) is 0 Å². The van der Waals surface area contributed by atoms with Gasteiger partial charge >= 0.3 is 11.9 Å². The number of carbonyl (C=O) groups excluding carboxylic acids is 3. The standard InChI is InChI=1S/C15H19NO4S/c1-9-6-7-10(2)15(11(9)3)16(21-13(5)18)8-14(19)20-12(4)17/h6-7H,8H2,1-5H3. The normalized spacial score (nSPS) is 10.1. The molecule has 0 fully saturated rings. The molecular formula is C15H19NO4S. The van der Waals surface area contributed by atoms with Crippen molar-refractivity contribution in [2.24, 2.45) is 0 Å². The minimum absolute atomic E-state index is 0.147. The van der Waals surface area contributed by atoms with Crippen LogP contribution in [0.2, 0.25) is 0 Å². The van der Waals surface area contributed by atoms with Crippen LogP contribution in [0.1, 0.15) is 30.5 Å². The molecule has 21 heavy (non-hydrogen) atoms. The first kappa shape index (κ1) is 17.2. The number of aryl methyl sites for hydroxylation is 2. The van der Waals surface area contributed by atoms with Gasteiger partial charge in [0.2, 0.25) is 5.12 Å². The second kappa shape index (κ2) is 7.26. The molecule has 1 aromatic carbocycles. The maximum atomic E-state index is 11.7. The number of carbonyl (C=O) groups is 3. The minimum Gasteiger partial charge on any atom is -0.392 e. The van der Waals surface area contributed by atoms with Gasteiger partial charge in [0.05, 0.1) is 5.69 Å². The Kier molecular flexibility index (Phi) is 5.96. The summed E-state index contributed by atoms with van der Waals surface area (Å²) in [6, 6.07) is 3.92. The number of esters is 2. The first-order chi connectivity index (χ1) is 9.72. The van der Waals surface area contributed by atoms with Crippen LogP contribution in [0.5, 0.6) is 0 Å². The summed E-state index contributed by atoms with van der Waals surface area (Å²) in [7, 11) is 0. The highest BCUT2D eigenvalue weighted by molar-refractivity contribution is 8.14. The molecule has 0 radical (unpaired) electrons. The summed E-state index contributed by atoms with van der Waals surface area (Å²) in [6.07, 6.45) is 0. The van der Waals surface area contributed by atoms with Gasteiger partial charge in [-0.3, -0.25) is 13.9 Å². The quantitative estimate of drug-likeness (QED) is 0.484. The first-order valence-corrected chi connectivity index (χ1v) is 7.23. The molecule has 0 aliphatic carbocycles. The third kappa shape index (κ3) is 4.90. The van der Waals surface area contributed by atoms with Crippen LogP contribution in [-0.2, 0) is 19.1 Å². The molecule has 6 heteroatoms. The van der Waals surface area contributed by atoms with E-state index in [1.54, 1.807) is 4.31 Å². The van der Waals surface area contributed by atoms with Crippen LogP contribution in [-0.4, -0.2) is 23.6 Å². The number of hydrogen-bond donors (Lipinski definition) is 0. The maximum Gasteiger partial charge on any atom is 0.334 e. The zero-order valence-corrected chi connectivity index (χ0v) is 13.7. The van der Waals surface area contributed by atoms with Crippen LogP contribution >= 0.6 is 11.9 Å². The maximum absolute atomic E-state index is 11.7.